The van der Waals surface area contributed by atoms with Gasteiger partial charge >= 0.3 is 12.1 Å². The SMILES string of the molecule is CC(C)(C)OC(=O)Nc1cc(OCC(=O)O)c(-c2ccc(F)cc2)cc1[N+](=O)[O-]. The molecule has 0 aromatic heterocycles. The van der Waals surface area contributed by atoms with Crippen molar-refractivity contribution < 1.29 is 33.5 Å². The van der Waals surface area contributed by atoms with Crippen molar-refractivity contribution >= 4 is 23.4 Å². The molecule has 1 amide bonds. The van der Waals surface area contributed by atoms with Crippen LogP contribution in [0.4, 0.5) is 20.6 Å². The molecule has 0 fully saturated rings. The molecule has 154 valence electrons. The summed E-state index contributed by atoms with van der Waals surface area (Å²) in [5.41, 5.74) is -1.03. The van der Waals surface area contributed by atoms with Crippen molar-refractivity contribution in [1.82, 2.24) is 0 Å². The summed E-state index contributed by atoms with van der Waals surface area (Å²) in [6, 6.07) is 7.26. The second-order valence-electron chi connectivity index (χ2n) is 6.94. The molecule has 0 aliphatic carbocycles. The number of hydrogen-bond donors (Lipinski definition) is 2. The van der Waals surface area contributed by atoms with Crippen molar-refractivity contribution in [3.05, 3.63) is 52.3 Å². The minimum absolute atomic E-state index is 0.0457. The molecule has 2 aromatic rings. The quantitative estimate of drug-likeness (QED) is 0.543. The average Bonchev–Trinajstić information content (AvgIpc) is 2.58. The summed E-state index contributed by atoms with van der Waals surface area (Å²) in [6.45, 7) is 4.15. The van der Waals surface area contributed by atoms with Crippen molar-refractivity contribution in [3.8, 4) is 16.9 Å². The lowest BCUT2D eigenvalue weighted by Gasteiger charge is -2.20. The van der Waals surface area contributed by atoms with Gasteiger partial charge in [-0.3, -0.25) is 15.4 Å². The van der Waals surface area contributed by atoms with Crippen molar-refractivity contribution in [1.29, 1.82) is 0 Å². The first-order valence-electron chi connectivity index (χ1n) is 8.39. The van der Waals surface area contributed by atoms with E-state index in [9.17, 15) is 24.1 Å². The minimum atomic E-state index is -1.27. The number of halogens is 1. The molecular weight excluding hydrogens is 387 g/mol. The van der Waals surface area contributed by atoms with Crippen LogP contribution in [0.5, 0.6) is 5.75 Å². The van der Waals surface area contributed by atoms with Crippen LogP contribution >= 0.6 is 0 Å². The zero-order valence-electron chi connectivity index (χ0n) is 15.9. The van der Waals surface area contributed by atoms with Crippen LogP contribution in [0, 0.1) is 15.9 Å². The molecule has 0 unspecified atom stereocenters. The number of nitrogens with zero attached hydrogens (tertiary/aromatic N) is 1. The largest absolute Gasteiger partial charge is 0.481 e. The number of hydrogen-bond acceptors (Lipinski definition) is 6. The molecule has 2 rings (SSSR count). The first-order chi connectivity index (χ1) is 13.5. The van der Waals surface area contributed by atoms with Gasteiger partial charge in [0.15, 0.2) is 6.61 Å². The van der Waals surface area contributed by atoms with Gasteiger partial charge in [-0.1, -0.05) is 12.1 Å². The van der Waals surface area contributed by atoms with Crippen LogP contribution in [0.15, 0.2) is 36.4 Å². The van der Waals surface area contributed by atoms with Gasteiger partial charge in [0.05, 0.1) is 4.92 Å². The molecule has 0 bridgehead atoms. The zero-order valence-corrected chi connectivity index (χ0v) is 15.9. The first-order valence-corrected chi connectivity index (χ1v) is 8.39. The summed E-state index contributed by atoms with van der Waals surface area (Å²) in [6.07, 6.45) is -0.931. The van der Waals surface area contributed by atoms with Crippen LogP contribution in [0.1, 0.15) is 20.8 Å². The summed E-state index contributed by atoms with van der Waals surface area (Å²) in [5, 5.41) is 22.7. The lowest BCUT2D eigenvalue weighted by atomic mass is 10.0. The highest BCUT2D eigenvalue weighted by molar-refractivity contribution is 5.91. The predicted molar refractivity (Wildman–Crippen MR) is 101 cm³/mol. The van der Waals surface area contributed by atoms with Gasteiger partial charge in [-0.15, -0.1) is 0 Å². The highest BCUT2D eigenvalue weighted by Crippen LogP contribution is 2.39. The van der Waals surface area contributed by atoms with Crippen LogP contribution in [0.2, 0.25) is 0 Å². The van der Waals surface area contributed by atoms with E-state index in [-0.39, 0.29) is 17.0 Å². The van der Waals surface area contributed by atoms with E-state index in [1.807, 2.05) is 0 Å². The molecule has 0 aliphatic rings. The molecule has 29 heavy (non-hydrogen) atoms. The lowest BCUT2D eigenvalue weighted by Crippen LogP contribution is -2.27. The summed E-state index contributed by atoms with van der Waals surface area (Å²) in [4.78, 5) is 33.7. The number of amides is 1. The molecule has 0 spiro atoms. The van der Waals surface area contributed by atoms with Crippen molar-refractivity contribution in [2.24, 2.45) is 0 Å². The average molecular weight is 406 g/mol. The maximum atomic E-state index is 13.2. The number of nitrogens with one attached hydrogen (secondary N) is 1. The Morgan fingerprint density at radius 2 is 1.83 bits per heavy atom. The van der Waals surface area contributed by atoms with Gasteiger partial charge in [0.1, 0.15) is 22.9 Å². The van der Waals surface area contributed by atoms with Crippen LogP contribution in [-0.2, 0) is 9.53 Å². The van der Waals surface area contributed by atoms with E-state index in [2.05, 4.69) is 5.32 Å². The number of nitro groups is 1. The number of carboxylic acids is 1. The maximum absolute atomic E-state index is 13.2. The summed E-state index contributed by atoms with van der Waals surface area (Å²) in [7, 11) is 0. The number of rotatable bonds is 6. The van der Waals surface area contributed by atoms with E-state index < -0.39 is 40.7 Å². The van der Waals surface area contributed by atoms with Crippen molar-refractivity contribution in [3.63, 3.8) is 0 Å². The van der Waals surface area contributed by atoms with Crippen molar-refractivity contribution in [2.45, 2.75) is 26.4 Å². The minimum Gasteiger partial charge on any atom is -0.481 e. The molecule has 9 nitrogen and oxygen atoms in total. The third-order valence-electron chi connectivity index (χ3n) is 3.44. The van der Waals surface area contributed by atoms with Crippen LogP contribution < -0.4 is 10.1 Å². The Labute approximate surface area is 165 Å². The summed E-state index contributed by atoms with van der Waals surface area (Å²) < 4.78 is 23.6. The second-order valence-corrected chi connectivity index (χ2v) is 6.94. The van der Waals surface area contributed by atoms with E-state index in [1.54, 1.807) is 20.8 Å². The smallest absolute Gasteiger partial charge is 0.412 e. The number of nitro benzene ring substituents is 1. The molecular formula is C19H19FN2O7. The number of benzene rings is 2. The lowest BCUT2D eigenvalue weighted by molar-refractivity contribution is -0.383. The van der Waals surface area contributed by atoms with E-state index in [1.165, 1.54) is 12.1 Å². The third kappa shape index (κ3) is 6.16. The second kappa shape index (κ2) is 8.55. The number of carbonyl (C=O) groups is 2. The standard InChI is InChI=1S/C19H19FN2O7/c1-19(2,3)29-18(25)21-14-9-16(28-10-17(23)24)13(8-15(14)22(26)27)11-4-6-12(20)7-5-11/h4-9H,10H2,1-3H3,(H,21,25)(H,23,24). The van der Waals surface area contributed by atoms with E-state index in [4.69, 9.17) is 14.6 Å². The van der Waals surface area contributed by atoms with Gasteiger partial charge < -0.3 is 14.6 Å². The molecule has 0 saturated carbocycles. The van der Waals surface area contributed by atoms with Crippen molar-refractivity contribution in [2.75, 3.05) is 11.9 Å². The predicted octanol–water partition coefficient (Wildman–Crippen LogP) is 4.21. The van der Waals surface area contributed by atoms with E-state index in [0.717, 1.165) is 24.3 Å². The van der Waals surface area contributed by atoms with Crippen LogP contribution in [-0.4, -0.2) is 34.3 Å². The number of carbonyl (C=O) groups excluding carboxylic acids is 1. The highest BCUT2D eigenvalue weighted by atomic mass is 19.1. The molecule has 2 aromatic carbocycles. The highest BCUT2D eigenvalue weighted by Gasteiger charge is 2.24. The Morgan fingerprint density at radius 1 is 1.21 bits per heavy atom. The fraction of sp³-hybridized carbons (Fsp3) is 0.263. The summed E-state index contributed by atoms with van der Waals surface area (Å²) in [5.74, 6) is -1.83. The molecule has 0 heterocycles. The molecule has 0 radical (unpaired) electrons. The topological polar surface area (TPSA) is 128 Å². The fourth-order valence-electron chi connectivity index (χ4n) is 2.35. The normalized spacial score (nSPS) is 10.9. The Morgan fingerprint density at radius 3 is 2.34 bits per heavy atom. The summed E-state index contributed by atoms with van der Waals surface area (Å²) >= 11 is 0. The molecule has 0 saturated heterocycles. The molecule has 2 N–H and O–H groups in total. The van der Waals surface area contributed by atoms with Gasteiger partial charge in [0.2, 0.25) is 0 Å². The Bertz CT molecular complexity index is 937. The van der Waals surface area contributed by atoms with Crippen LogP contribution in [0.3, 0.4) is 0 Å². The third-order valence-corrected chi connectivity index (χ3v) is 3.44. The Kier molecular flexibility index (Phi) is 6.37. The van der Waals surface area contributed by atoms with Gasteiger partial charge in [0.25, 0.3) is 5.69 Å². The van der Waals surface area contributed by atoms with Gasteiger partial charge in [0, 0.05) is 17.7 Å². The maximum Gasteiger partial charge on any atom is 0.412 e. The van der Waals surface area contributed by atoms with Gasteiger partial charge in [-0.25, -0.2) is 14.0 Å². The Balaban J connectivity index is 2.54. The number of carboxylic acid groups (broad SMARTS) is 1. The molecule has 0 aliphatic heterocycles. The fourth-order valence-corrected chi connectivity index (χ4v) is 2.35. The van der Waals surface area contributed by atoms with E-state index in [0.29, 0.717) is 5.56 Å². The molecule has 0 atom stereocenters. The van der Waals surface area contributed by atoms with E-state index >= 15 is 0 Å². The van der Waals surface area contributed by atoms with Gasteiger partial charge in [-0.05, 0) is 38.5 Å². The van der Waals surface area contributed by atoms with Gasteiger partial charge in [-0.2, -0.15) is 0 Å². The monoisotopic (exact) mass is 406 g/mol. The number of ether oxygens (including phenoxy) is 2. The number of aliphatic carboxylic acids is 1. The molecule has 10 heteroatoms. The van der Waals surface area contributed by atoms with Crippen LogP contribution in [0.25, 0.3) is 11.1 Å². The Hall–Kier alpha value is -3.69. The zero-order chi connectivity index (χ0) is 21.8. The number of anilines is 1. The first kappa shape index (κ1) is 21.6.